The van der Waals surface area contributed by atoms with Gasteiger partial charge in [-0.3, -0.25) is 9.36 Å². The van der Waals surface area contributed by atoms with E-state index >= 15 is 0 Å². The van der Waals surface area contributed by atoms with E-state index in [1.165, 1.54) is 4.68 Å². The van der Waals surface area contributed by atoms with Crippen LogP contribution in [-0.4, -0.2) is 26.8 Å². The monoisotopic (exact) mass is 492 g/mol. The molecule has 0 radical (unpaired) electrons. The van der Waals surface area contributed by atoms with Gasteiger partial charge in [0, 0.05) is 38.6 Å². The van der Waals surface area contributed by atoms with Crippen LogP contribution in [0.1, 0.15) is 38.3 Å². The fourth-order valence-electron chi connectivity index (χ4n) is 3.73. The third kappa shape index (κ3) is 4.72. The lowest BCUT2D eigenvalue weighted by atomic mass is 9.84. The second kappa shape index (κ2) is 8.93. The third-order valence-electron chi connectivity index (χ3n) is 5.55. The molecule has 6 nitrogen and oxygen atoms in total. The predicted octanol–water partition coefficient (Wildman–Crippen LogP) is 5.10. The van der Waals surface area contributed by atoms with Gasteiger partial charge >= 0.3 is 5.69 Å². The van der Waals surface area contributed by atoms with Gasteiger partial charge in [0.05, 0.1) is 0 Å². The SMILES string of the molecule is CC(C)(CNC(=O)Cn1nc(-c2ccc(Cl)cc2)n(C2CC2)c1=O)c1c(Cl)cccc1Cl. The number of halogens is 3. The Labute approximate surface area is 201 Å². The highest BCUT2D eigenvalue weighted by Gasteiger charge is 2.31. The minimum absolute atomic E-state index is 0.117. The topological polar surface area (TPSA) is 68.9 Å². The van der Waals surface area contributed by atoms with E-state index in [4.69, 9.17) is 34.8 Å². The molecule has 1 fully saturated rings. The highest BCUT2D eigenvalue weighted by Crippen LogP contribution is 2.37. The van der Waals surface area contributed by atoms with Crippen LogP contribution >= 0.6 is 34.8 Å². The summed E-state index contributed by atoms with van der Waals surface area (Å²) in [5.41, 5.74) is 0.759. The Bertz CT molecular complexity index is 1190. The number of carbonyl (C=O) groups is 1. The molecule has 1 saturated carbocycles. The Kier molecular flexibility index (Phi) is 6.39. The van der Waals surface area contributed by atoms with Crippen molar-refractivity contribution in [1.82, 2.24) is 19.7 Å². The predicted molar refractivity (Wildman–Crippen MR) is 128 cm³/mol. The Hall–Kier alpha value is -2.28. The van der Waals surface area contributed by atoms with Gasteiger partial charge in [-0.15, -0.1) is 5.10 Å². The van der Waals surface area contributed by atoms with E-state index < -0.39 is 5.41 Å². The highest BCUT2D eigenvalue weighted by atomic mass is 35.5. The normalized spacial score (nSPS) is 13.9. The molecule has 9 heteroatoms. The maximum atomic E-state index is 13.0. The molecule has 1 heterocycles. The van der Waals surface area contributed by atoms with Gasteiger partial charge in [-0.25, -0.2) is 9.48 Å². The number of benzene rings is 2. The molecule has 1 aliphatic carbocycles. The van der Waals surface area contributed by atoms with E-state index in [0.29, 0.717) is 27.4 Å². The largest absolute Gasteiger partial charge is 0.354 e. The Morgan fingerprint density at radius 1 is 1.09 bits per heavy atom. The summed E-state index contributed by atoms with van der Waals surface area (Å²) >= 11 is 18.7. The van der Waals surface area contributed by atoms with Gasteiger partial charge in [0.25, 0.3) is 0 Å². The van der Waals surface area contributed by atoms with Gasteiger partial charge in [-0.2, -0.15) is 0 Å². The first kappa shape index (κ1) is 22.9. The van der Waals surface area contributed by atoms with Crippen LogP contribution in [0.5, 0.6) is 0 Å². The van der Waals surface area contributed by atoms with Crippen LogP contribution in [0.4, 0.5) is 0 Å². The molecule has 0 bridgehead atoms. The molecule has 4 rings (SSSR count). The van der Waals surface area contributed by atoms with E-state index in [9.17, 15) is 9.59 Å². The van der Waals surface area contributed by atoms with E-state index in [1.807, 2.05) is 26.0 Å². The summed E-state index contributed by atoms with van der Waals surface area (Å²) in [6.45, 7) is 4.03. The molecule has 1 aromatic heterocycles. The molecule has 2 aromatic carbocycles. The fourth-order valence-corrected chi connectivity index (χ4v) is 4.76. The van der Waals surface area contributed by atoms with Crippen LogP contribution in [0.3, 0.4) is 0 Å². The molecule has 32 heavy (non-hydrogen) atoms. The lowest BCUT2D eigenvalue weighted by molar-refractivity contribution is -0.122. The number of aromatic nitrogens is 3. The second-order valence-corrected chi connectivity index (χ2v) is 9.88. The fraction of sp³-hybridized carbons (Fsp3) is 0.348. The molecular weight excluding hydrogens is 471 g/mol. The molecule has 0 saturated heterocycles. The average Bonchev–Trinajstić information content (AvgIpc) is 3.51. The first-order valence-electron chi connectivity index (χ1n) is 10.3. The first-order chi connectivity index (χ1) is 15.2. The van der Waals surface area contributed by atoms with Crippen molar-refractivity contribution in [2.75, 3.05) is 6.54 Å². The molecule has 0 spiro atoms. The Morgan fingerprint density at radius 3 is 2.31 bits per heavy atom. The van der Waals surface area contributed by atoms with Crippen molar-refractivity contribution in [2.24, 2.45) is 0 Å². The van der Waals surface area contributed by atoms with Crippen LogP contribution < -0.4 is 11.0 Å². The van der Waals surface area contributed by atoms with Gasteiger partial charge < -0.3 is 5.32 Å². The van der Waals surface area contributed by atoms with Gasteiger partial charge in [0.2, 0.25) is 5.91 Å². The summed E-state index contributed by atoms with van der Waals surface area (Å²) in [4.78, 5) is 25.7. The summed E-state index contributed by atoms with van der Waals surface area (Å²) in [7, 11) is 0. The minimum atomic E-state index is -0.502. The summed E-state index contributed by atoms with van der Waals surface area (Å²) in [6, 6.07) is 12.6. The molecule has 0 aliphatic heterocycles. The smallest absolute Gasteiger partial charge is 0.346 e. The number of amides is 1. The van der Waals surface area contributed by atoms with Crippen molar-refractivity contribution in [3.05, 3.63) is 73.6 Å². The lowest BCUT2D eigenvalue weighted by Crippen LogP contribution is -2.40. The third-order valence-corrected chi connectivity index (χ3v) is 6.43. The number of hydrogen-bond acceptors (Lipinski definition) is 3. The van der Waals surface area contributed by atoms with Crippen molar-refractivity contribution in [3.63, 3.8) is 0 Å². The van der Waals surface area contributed by atoms with Crippen LogP contribution in [0.25, 0.3) is 11.4 Å². The van der Waals surface area contributed by atoms with Crippen molar-refractivity contribution in [2.45, 2.75) is 44.7 Å². The van der Waals surface area contributed by atoms with Crippen LogP contribution in [0, 0.1) is 0 Å². The zero-order valence-electron chi connectivity index (χ0n) is 17.7. The minimum Gasteiger partial charge on any atom is -0.354 e. The number of nitrogens with one attached hydrogen (secondary N) is 1. The van der Waals surface area contributed by atoms with E-state index in [-0.39, 0.29) is 24.2 Å². The molecule has 0 atom stereocenters. The molecule has 3 aromatic rings. The van der Waals surface area contributed by atoms with Crippen molar-refractivity contribution >= 4 is 40.7 Å². The molecule has 0 unspecified atom stereocenters. The maximum absolute atomic E-state index is 13.0. The van der Waals surface area contributed by atoms with E-state index in [0.717, 1.165) is 24.0 Å². The van der Waals surface area contributed by atoms with Crippen LogP contribution in [0.15, 0.2) is 47.3 Å². The van der Waals surface area contributed by atoms with Gasteiger partial charge in [-0.1, -0.05) is 54.7 Å². The summed E-state index contributed by atoms with van der Waals surface area (Å²) < 4.78 is 2.89. The Morgan fingerprint density at radius 2 is 1.72 bits per heavy atom. The van der Waals surface area contributed by atoms with Crippen molar-refractivity contribution < 1.29 is 4.79 Å². The van der Waals surface area contributed by atoms with Crippen LogP contribution in [0.2, 0.25) is 15.1 Å². The summed E-state index contributed by atoms with van der Waals surface area (Å²) in [5.74, 6) is 0.233. The summed E-state index contributed by atoms with van der Waals surface area (Å²) in [6.07, 6.45) is 1.84. The quantitative estimate of drug-likeness (QED) is 0.498. The maximum Gasteiger partial charge on any atom is 0.346 e. The summed E-state index contributed by atoms with van der Waals surface area (Å²) in [5, 5.41) is 9.05. The standard InChI is InChI=1S/C23H23Cl3N4O2/c1-23(2,20-17(25)4-3-5-18(20)26)13-27-19(31)12-29-22(32)30(16-10-11-16)21(28-29)14-6-8-15(24)9-7-14/h3-9,16H,10-13H2,1-2H3,(H,27,31). The number of carbonyl (C=O) groups excluding carboxylic acids is 1. The Balaban J connectivity index is 1.52. The molecule has 1 amide bonds. The van der Waals surface area contributed by atoms with Gasteiger partial charge in [-0.05, 0) is 54.8 Å². The highest BCUT2D eigenvalue weighted by molar-refractivity contribution is 6.36. The number of rotatable bonds is 7. The molecular formula is C23H23Cl3N4O2. The lowest BCUT2D eigenvalue weighted by Gasteiger charge is -2.27. The second-order valence-electron chi connectivity index (χ2n) is 8.63. The zero-order chi connectivity index (χ0) is 23.0. The number of nitrogens with zero attached hydrogens (tertiary/aromatic N) is 3. The van der Waals surface area contributed by atoms with E-state index in [1.54, 1.807) is 34.9 Å². The van der Waals surface area contributed by atoms with Crippen molar-refractivity contribution in [1.29, 1.82) is 0 Å². The molecule has 1 aliphatic rings. The molecule has 1 N–H and O–H groups in total. The number of hydrogen-bond donors (Lipinski definition) is 1. The average molecular weight is 494 g/mol. The molecule has 168 valence electrons. The first-order valence-corrected chi connectivity index (χ1v) is 11.5. The van der Waals surface area contributed by atoms with Crippen LogP contribution in [-0.2, 0) is 16.8 Å². The van der Waals surface area contributed by atoms with Gasteiger partial charge in [0.1, 0.15) is 6.54 Å². The van der Waals surface area contributed by atoms with Crippen molar-refractivity contribution in [3.8, 4) is 11.4 Å². The van der Waals surface area contributed by atoms with E-state index in [2.05, 4.69) is 10.4 Å². The zero-order valence-corrected chi connectivity index (χ0v) is 20.0. The van der Waals surface area contributed by atoms with Gasteiger partial charge in [0.15, 0.2) is 5.82 Å².